The largest absolute Gasteiger partial charge is 0.315 e. The van der Waals surface area contributed by atoms with Crippen molar-refractivity contribution < 1.29 is 0 Å². The van der Waals surface area contributed by atoms with Crippen molar-refractivity contribution in [1.82, 2.24) is 15.5 Å². The molecule has 2 rings (SSSR count). The van der Waals surface area contributed by atoms with Gasteiger partial charge in [-0.05, 0) is 25.1 Å². The average molecular weight is 296 g/mol. The summed E-state index contributed by atoms with van der Waals surface area (Å²) < 4.78 is 0. The topological polar surface area (TPSA) is 37.8 Å². The van der Waals surface area contributed by atoms with Crippen LogP contribution in [-0.4, -0.2) is 22.8 Å². The fourth-order valence-corrected chi connectivity index (χ4v) is 2.79. The van der Waals surface area contributed by atoms with Gasteiger partial charge in [-0.2, -0.15) is 0 Å². The number of rotatable bonds is 6. The molecule has 0 unspecified atom stereocenters. The lowest BCUT2D eigenvalue weighted by molar-refractivity contribution is 0.569. The molecule has 0 saturated carbocycles. The molecule has 0 spiro atoms. The number of nitrogens with zero attached hydrogens (tertiary/aromatic N) is 2. The van der Waals surface area contributed by atoms with E-state index in [1.54, 1.807) is 11.3 Å². The van der Waals surface area contributed by atoms with Gasteiger partial charge in [0.25, 0.3) is 0 Å². The van der Waals surface area contributed by atoms with Crippen LogP contribution in [-0.2, 0) is 6.42 Å². The Morgan fingerprint density at radius 1 is 1.32 bits per heavy atom. The van der Waals surface area contributed by atoms with Crippen LogP contribution in [0.5, 0.6) is 0 Å². The van der Waals surface area contributed by atoms with Gasteiger partial charge in [0.15, 0.2) is 0 Å². The number of aryl methyl sites for hydroxylation is 1. The Morgan fingerprint density at radius 2 is 2.16 bits per heavy atom. The van der Waals surface area contributed by atoms with Crippen LogP contribution in [0.3, 0.4) is 0 Å². The second kappa shape index (κ2) is 6.98. The first kappa shape index (κ1) is 14.4. The Morgan fingerprint density at radius 3 is 2.89 bits per heavy atom. The molecule has 0 amide bonds. The zero-order chi connectivity index (χ0) is 13.7. The quantitative estimate of drug-likeness (QED) is 0.824. The summed E-state index contributed by atoms with van der Waals surface area (Å²) in [7, 11) is 0. The first-order valence-electron chi connectivity index (χ1n) is 6.47. The van der Waals surface area contributed by atoms with Crippen LogP contribution >= 0.6 is 22.9 Å². The fourth-order valence-electron chi connectivity index (χ4n) is 1.72. The average Bonchev–Trinajstić information content (AvgIpc) is 2.83. The van der Waals surface area contributed by atoms with Gasteiger partial charge in [-0.25, -0.2) is 0 Å². The highest BCUT2D eigenvalue weighted by Gasteiger charge is 2.06. The molecule has 0 aliphatic rings. The number of hydrogen-bond acceptors (Lipinski definition) is 4. The van der Waals surface area contributed by atoms with Gasteiger partial charge in [-0.15, -0.1) is 10.2 Å². The van der Waals surface area contributed by atoms with Crippen molar-refractivity contribution in [2.75, 3.05) is 6.54 Å². The summed E-state index contributed by atoms with van der Waals surface area (Å²) in [6.45, 7) is 5.33. The van der Waals surface area contributed by atoms with E-state index in [1.165, 1.54) is 0 Å². The Balaban J connectivity index is 1.92. The third-order valence-corrected chi connectivity index (χ3v) is 3.93. The van der Waals surface area contributed by atoms with Crippen molar-refractivity contribution in [3.8, 4) is 10.6 Å². The van der Waals surface area contributed by atoms with Crippen molar-refractivity contribution in [3.05, 3.63) is 34.3 Å². The summed E-state index contributed by atoms with van der Waals surface area (Å²) in [5.74, 6) is 0. The molecular formula is C14H18ClN3S. The van der Waals surface area contributed by atoms with E-state index < -0.39 is 0 Å². The maximum absolute atomic E-state index is 5.98. The van der Waals surface area contributed by atoms with Crippen LogP contribution in [0.2, 0.25) is 5.02 Å². The minimum Gasteiger partial charge on any atom is -0.315 e. The van der Waals surface area contributed by atoms with Crippen molar-refractivity contribution in [3.63, 3.8) is 0 Å². The maximum Gasteiger partial charge on any atom is 0.147 e. The Kier molecular flexibility index (Phi) is 5.31. The number of aromatic nitrogens is 2. The molecule has 5 heteroatoms. The summed E-state index contributed by atoms with van der Waals surface area (Å²) in [6, 6.07) is 8.27. The summed E-state index contributed by atoms with van der Waals surface area (Å²) in [5, 5.41) is 14.6. The molecule has 1 aromatic carbocycles. The molecule has 1 N–H and O–H groups in total. The molecule has 1 aromatic heterocycles. The van der Waals surface area contributed by atoms with Crippen LogP contribution in [0.1, 0.15) is 25.3 Å². The predicted octanol–water partition coefficient (Wildman–Crippen LogP) is 3.79. The van der Waals surface area contributed by atoms with Gasteiger partial charge in [0.1, 0.15) is 10.0 Å². The molecule has 0 radical (unpaired) electrons. The van der Waals surface area contributed by atoms with Crippen molar-refractivity contribution >= 4 is 22.9 Å². The van der Waals surface area contributed by atoms with Gasteiger partial charge < -0.3 is 5.32 Å². The SMILES string of the molecule is CC(C)NCCCc1nnc(-c2cccc(Cl)c2)s1. The summed E-state index contributed by atoms with van der Waals surface area (Å²) in [6.07, 6.45) is 2.06. The lowest BCUT2D eigenvalue weighted by atomic mass is 10.2. The highest BCUT2D eigenvalue weighted by atomic mass is 35.5. The van der Waals surface area contributed by atoms with Crippen molar-refractivity contribution in [2.45, 2.75) is 32.7 Å². The standard InChI is InChI=1S/C14H18ClN3S/c1-10(2)16-8-4-7-13-17-18-14(19-13)11-5-3-6-12(15)9-11/h3,5-6,9-10,16H,4,7-8H2,1-2H3. The van der Waals surface area contributed by atoms with E-state index in [1.807, 2.05) is 24.3 Å². The molecule has 102 valence electrons. The maximum atomic E-state index is 5.98. The molecule has 0 saturated heterocycles. The summed E-state index contributed by atoms with van der Waals surface area (Å²) in [4.78, 5) is 0. The van der Waals surface area contributed by atoms with E-state index in [0.717, 1.165) is 40.0 Å². The molecule has 0 aliphatic heterocycles. The van der Waals surface area contributed by atoms with Gasteiger partial charge in [0, 0.05) is 23.0 Å². The van der Waals surface area contributed by atoms with E-state index >= 15 is 0 Å². The summed E-state index contributed by atoms with van der Waals surface area (Å²) >= 11 is 7.63. The number of halogens is 1. The molecule has 0 bridgehead atoms. The number of benzene rings is 1. The third-order valence-electron chi connectivity index (χ3n) is 2.66. The highest BCUT2D eigenvalue weighted by Crippen LogP contribution is 2.26. The van der Waals surface area contributed by atoms with Crippen LogP contribution < -0.4 is 5.32 Å². The van der Waals surface area contributed by atoms with E-state index in [-0.39, 0.29) is 0 Å². The molecule has 19 heavy (non-hydrogen) atoms. The molecule has 0 aliphatic carbocycles. The normalized spacial score (nSPS) is 11.2. The Labute approximate surface area is 123 Å². The summed E-state index contributed by atoms with van der Waals surface area (Å²) in [5.41, 5.74) is 1.04. The van der Waals surface area contributed by atoms with Gasteiger partial charge in [-0.1, -0.05) is 48.9 Å². The first-order chi connectivity index (χ1) is 9.15. The highest BCUT2D eigenvalue weighted by molar-refractivity contribution is 7.14. The third kappa shape index (κ3) is 4.56. The molecule has 2 aromatic rings. The van der Waals surface area contributed by atoms with Gasteiger partial charge in [-0.3, -0.25) is 0 Å². The first-order valence-corrected chi connectivity index (χ1v) is 7.66. The molecule has 1 heterocycles. The second-order valence-electron chi connectivity index (χ2n) is 4.72. The van der Waals surface area contributed by atoms with Gasteiger partial charge >= 0.3 is 0 Å². The van der Waals surface area contributed by atoms with E-state index in [9.17, 15) is 0 Å². The minimum absolute atomic E-state index is 0.538. The lowest BCUT2D eigenvalue weighted by Crippen LogP contribution is -2.23. The monoisotopic (exact) mass is 295 g/mol. The number of hydrogen-bond donors (Lipinski definition) is 1. The predicted molar refractivity (Wildman–Crippen MR) is 81.8 cm³/mol. The van der Waals surface area contributed by atoms with E-state index in [0.29, 0.717) is 6.04 Å². The zero-order valence-corrected chi connectivity index (χ0v) is 12.8. The minimum atomic E-state index is 0.538. The van der Waals surface area contributed by atoms with Gasteiger partial charge in [0.05, 0.1) is 0 Å². The van der Waals surface area contributed by atoms with Crippen molar-refractivity contribution in [2.24, 2.45) is 0 Å². The smallest absolute Gasteiger partial charge is 0.147 e. The molecule has 0 atom stereocenters. The van der Waals surface area contributed by atoms with Crippen LogP contribution in [0.4, 0.5) is 0 Å². The molecule has 3 nitrogen and oxygen atoms in total. The Bertz CT molecular complexity index is 525. The number of nitrogens with one attached hydrogen (secondary N) is 1. The van der Waals surface area contributed by atoms with Crippen LogP contribution in [0.15, 0.2) is 24.3 Å². The second-order valence-corrected chi connectivity index (χ2v) is 6.22. The zero-order valence-electron chi connectivity index (χ0n) is 11.2. The van der Waals surface area contributed by atoms with E-state index in [2.05, 4.69) is 29.4 Å². The van der Waals surface area contributed by atoms with Crippen molar-refractivity contribution in [1.29, 1.82) is 0 Å². The van der Waals surface area contributed by atoms with Gasteiger partial charge in [0.2, 0.25) is 0 Å². The molecular weight excluding hydrogens is 278 g/mol. The van der Waals surface area contributed by atoms with Crippen LogP contribution in [0.25, 0.3) is 10.6 Å². The van der Waals surface area contributed by atoms with Crippen LogP contribution in [0, 0.1) is 0 Å². The fraction of sp³-hybridized carbons (Fsp3) is 0.429. The molecule has 0 fully saturated rings. The van der Waals surface area contributed by atoms with E-state index in [4.69, 9.17) is 11.6 Å². The Hall–Kier alpha value is -0.970. The lowest BCUT2D eigenvalue weighted by Gasteiger charge is -2.05.